The molecule has 3 aromatic rings. The van der Waals surface area contributed by atoms with Gasteiger partial charge in [-0.2, -0.15) is 0 Å². The molecule has 0 aliphatic heterocycles. The molecule has 0 saturated carbocycles. The zero-order chi connectivity index (χ0) is 14.1. The minimum Gasteiger partial charge on any atom is -0.378 e. The normalized spacial score (nSPS) is 10.9. The van der Waals surface area contributed by atoms with Gasteiger partial charge in [-0.1, -0.05) is 17.7 Å². The molecule has 5 nitrogen and oxygen atoms in total. The summed E-state index contributed by atoms with van der Waals surface area (Å²) < 4.78 is 1.95. The molecule has 2 heterocycles. The summed E-state index contributed by atoms with van der Waals surface area (Å²) in [6.45, 7) is 4.53. The summed E-state index contributed by atoms with van der Waals surface area (Å²) in [4.78, 5) is 4.37. The molecule has 3 rings (SSSR count). The molecule has 0 spiro atoms. The van der Waals surface area contributed by atoms with Gasteiger partial charge in [-0.25, -0.2) is 4.98 Å². The second-order valence-corrected chi connectivity index (χ2v) is 5.09. The molecule has 0 saturated heterocycles. The molecule has 0 amide bonds. The van der Waals surface area contributed by atoms with E-state index in [1.165, 1.54) is 0 Å². The molecule has 0 aliphatic rings. The molecule has 0 unspecified atom stereocenters. The number of hydrogen-bond acceptors (Lipinski definition) is 4. The Morgan fingerprint density at radius 1 is 1.20 bits per heavy atom. The topological polar surface area (TPSA) is 55.1 Å². The van der Waals surface area contributed by atoms with Crippen molar-refractivity contribution in [1.82, 2.24) is 19.6 Å². The van der Waals surface area contributed by atoms with Crippen molar-refractivity contribution in [1.29, 1.82) is 0 Å². The first-order chi connectivity index (χ1) is 9.63. The SMILES string of the molecule is Cc1cc(C)n2c(CNc3cccc(Cl)c3)nnc2n1. The highest BCUT2D eigenvalue weighted by molar-refractivity contribution is 6.30. The highest BCUT2D eigenvalue weighted by Gasteiger charge is 2.09. The van der Waals surface area contributed by atoms with E-state index < -0.39 is 0 Å². The quantitative estimate of drug-likeness (QED) is 0.804. The number of halogens is 1. The third-order valence-corrected chi connectivity index (χ3v) is 3.27. The summed E-state index contributed by atoms with van der Waals surface area (Å²) in [5, 5.41) is 12.3. The minimum atomic E-state index is 0.563. The van der Waals surface area contributed by atoms with E-state index in [2.05, 4.69) is 20.5 Å². The van der Waals surface area contributed by atoms with Gasteiger partial charge in [-0.3, -0.25) is 4.40 Å². The molecule has 0 aliphatic carbocycles. The van der Waals surface area contributed by atoms with Crippen molar-refractivity contribution in [2.75, 3.05) is 5.32 Å². The lowest BCUT2D eigenvalue weighted by Gasteiger charge is -2.07. The Kier molecular flexibility index (Phi) is 3.28. The number of nitrogens with zero attached hydrogens (tertiary/aromatic N) is 4. The van der Waals surface area contributed by atoms with E-state index in [4.69, 9.17) is 11.6 Å². The van der Waals surface area contributed by atoms with Gasteiger partial charge in [0.05, 0.1) is 6.54 Å². The number of anilines is 1. The van der Waals surface area contributed by atoms with E-state index in [-0.39, 0.29) is 0 Å². The monoisotopic (exact) mass is 287 g/mol. The Balaban J connectivity index is 1.88. The van der Waals surface area contributed by atoms with Gasteiger partial charge in [-0.05, 0) is 38.1 Å². The van der Waals surface area contributed by atoms with Crippen LogP contribution in [0.2, 0.25) is 5.02 Å². The van der Waals surface area contributed by atoms with Gasteiger partial charge in [-0.15, -0.1) is 10.2 Å². The van der Waals surface area contributed by atoms with Crippen molar-refractivity contribution in [2.24, 2.45) is 0 Å². The van der Waals surface area contributed by atoms with Crippen LogP contribution in [0.3, 0.4) is 0 Å². The summed E-state index contributed by atoms with van der Waals surface area (Å²) in [7, 11) is 0. The average molecular weight is 288 g/mol. The summed E-state index contributed by atoms with van der Waals surface area (Å²) in [6, 6.07) is 9.60. The van der Waals surface area contributed by atoms with Crippen molar-refractivity contribution in [3.63, 3.8) is 0 Å². The number of aryl methyl sites for hydroxylation is 2. The maximum Gasteiger partial charge on any atom is 0.255 e. The minimum absolute atomic E-state index is 0.563. The molecule has 20 heavy (non-hydrogen) atoms. The molecule has 0 fully saturated rings. The van der Waals surface area contributed by atoms with Crippen LogP contribution in [-0.2, 0) is 6.54 Å². The van der Waals surface area contributed by atoms with Crippen LogP contribution in [0.25, 0.3) is 5.78 Å². The second-order valence-electron chi connectivity index (χ2n) is 4.65. The highest BCUT2D eigenvalue weighted by Crippen LogP contribution is 2.16. The third kappa shape index (κ3) is 2.44. The van der Waals surface area contributed by atoms with E-state index in [0.29, 0.717) is 17.3 Å². The molecule has 0 bridgehead atoms. The lowest BCUT2D eigenvalue weighted by atomic mass is 10.3. The van der Waals surface area contributed by atoms with Crippen LogP contribution in [-0.4, -0.2) is 19.6 Å². The van der Waals surface area contributed by atoms with Gasteiger partial charge in [0.15, 0.2) is 5.82 Å². The lowest BCUT2D eigenvalue weighted by molar-refractivity contribution is 0.892. The zero-order valence-electron chi connectivity index (χ0n) is 11.3. The molecule has 6 heteroatoms. The molecular weight excluding hydrogens is 274 g/mol. The van der Waals surface area contributed by atoms with Crippen LogP contribution >= 0.6 is 11.6 Å². The standard InChI is InChI=1S/C14H14ClN5/c1-9-6-10(2)20-13(18-19-14(20)17-9)8-16-12-5-3-4-11(15)7-12/h3-7,16H,8H2,1-2H3. The van der Waals surface area contributed by atoms with Gasteiger partial charge in [0.25, 0.3) is 5.78 Å². The first kappa shape index (κ1) is 12.9. The number of benzene rings is 1. The van der Waals surface area contributed by atoms with E-state index >= 15 is 0 Å². The van der Waals surface area contributed by atoms with Crippen LogP contribution in [0, 0.1) is 13.8 Å². The zero-order valence-corrected chi connectivity index (χ0v) is 12.0. The summed E-state index contributed by atoms with van der Waals surface area (Å²) in [5.41, 5.74) is 2.96. The van der Waals surface area contributed by atoms with Crippen LogP contribution < -0.4 is 5.32 Å². The molecule has 0 radical (unpaired) electrons. The van der Waals surface area contributed by atoms with Crippen molar-refractivity contribution in [3.05, 3.63) is 52.6 Å². The number of nitrogens with one attached hydrogen (secondary N) is 1. The van der Waals surface area contributed by atoms with Crippen molar-refractivity contribution in [2.45, 2.75) is 20.4 Å². The van der Waals surface area contributed by atoms with Gasteiger partial charge in [0, 0.05) is 22.1 Å². The van der Waals surface area contributed by atoms with Crippen molar-refractivity contribution in [3.8, 4) is 0 Å². The largest absolute Gasteiger partial charge is 0.378 e. The number of fused-ring (bicyclic) bond motifs is 1. The number of aromatic nitrogens is 4. The second kappa shape index (κ2) is 5.09. The summed E-state index contributed by atoms with van der Waals surface area (Å²) >= 11 is 5.96. The summed E-state index contributed by atoms with van der Waals surface area (Å²) in [6.07, 6.45) is 0. The molecule has 102 valence electrons. The van der Waals surface area contributed by atoms with Gasteiger partial charge in [0.1, 0.15) is 0 Å². The maximum absolute atomic E-state index is 5.96. The Bertz CT molecular complexity index is 765. The lowest BCUT2D eigenvalue weighted by Crippen LogP contribution is -2.06. The van der Waals surface area contributed by atoms with Gasteiger partial charge >= 0.3 is 0 Å². The Morgan fingerprint density at radius 2 is 2.05 bits per heavy atom. The summed E-state index contributed by atoms with van der Waals surface area (Å²) in [5.74, 6) is 1.45. The van der Waals surface area contributed by atoms with Gasteiger partial charge < -0.3 is 5.32 Å². The fraction of sp³-hybridized carbons (Fsp3) is 0.214. The molecule has 0 atom stereocenters. The van der Waals surface area contributed by atoms with E-state index in [9.17, 15) is 0 Å². The average Bonchev–Trinajstić information content (AvgIpc) is 2.79. The maximum atomic E-state index is 5.96. The van der Waals surface area contributed by atoms with Crippen LogP contribution in [0.5, 0.6) is 0 Å². The first-order valence-electron chi connectivity index (χ1n) is 6.31. The van der Waals surface area contributed by atoms with E-state index in [1.807, 2.05) is 48.6 Å². The Morgan fingerprint density at radius 3 is 2.85 bits per heavy atom. The first-order valence-corrected chi connectivity index (χ1v) is 6.69. The van der Waals surface area contributed by atoms with Gasteiger partial charge in [0.2, 0.25) is 0 Å². The highest BCUT2D eigenvalue weighted by atomic mass is 35.5. The molecule has 1 aromatic carbocycles. The fourth-order valence-electron chi connectivity index (χ4n) is 2.19. The Labute approximate surface area is 121 Å². The smallest absolute Gasteiger partial charge is 0.255 e. The number of rotatable bonds is 3. The Hall–Kier alpha value is -2.14. The number of hydrogen-bond donors (Lipinski definition) is 1. The van der Waals surface area contributed by atoms with E-state index in [0.717, 1.165) is 22.9 Å². The molecular formula is C14H14ClN5. The van der Waals surface area contributed by atoms with E-state index in [1.54, 1.807) is 0 Å². The predicted octanol–water partition coefficient (Wildman–Crippen LogP) is 3.01. The van der Waals surface area contributed by atoms with Crippen molar-refractivity contribution >= 4 is 23.1 Å². The van der Waals surface area contributed by atoms with Crippen LogP contribution in [0.15, 0.2) is 30.3 Å². The predicted molar refractivity (Wildman–Crippen MR) is 79.0 cm³/mol. The fourth-order valence-corrected chi connectivity index (χ4v) is 2.38. The van der Waals surface area contributed by atoms with Crippen LogP contribution in [0.1, 0.15) is 17.2 Å². The molecule has 2 aromatic heterocycles. The molecule has 1 N–H and O–H groups in total. The van der Waals surface area contributed by atoms with Crippen LogP contribution in [0.4, 0.5) is 5.69 Å². The third-order valence-electron chi connectivity index (χ3n) is 3.04. The van der Waals surface area contributed by atoms with Crippen molar-refractivity contribution < 1.29 is 0 Å².